The van der Waals surface area contributed by atoms with E-state index >= 15 is 0 Å². The molecule has 5 rings (SSSR count). The fourth-order valence-electron chi connectivity index (χ4n) is 4.21. The number of nitrogens with zero attached hydrogens (tertiary/aromatic N) is 3. The van der Waals surface area contributed by atoms with E-state index in [9.17, 15) is 14.4 Å². The highest BCUT2D eigenvalue weighted by atomic mass is 79.9. The third-order valence-corrected chi connectivity index (χ3v) is 5.52. The standard InChI is InChI=1S/C19H19N5O3.BrH/c25-16-13-12-14(18(27)24(17(12)26)11-7-3-1-4-8-11)20-15(13)21-19(22-16)23-9-5-2-6-10-23;/h1,3-4,7-8,12,14H,2,5-6,9-10H2,(H2,20,21,22,25);1H. The second-order valence-corrected chi connectivity index (χ2v) is 7.15. The number of halogens is 1. The summed E-state index contributed by atoms with van der Waals surface area (Å²) >= 11 is 0. The maximum Gasteiger partial charge on any atom is 0.258 e. The molecule has 2 saturated heterocycles. The van der Waals surface area contributed by atoms with Crippen LogP contribution in [0.1, 0.15) is 30.7 Å². The van der Waals surface area contributed by atoms with Crippen molar-refractivity contribution in [1.82, 2.24) is 9.97 Å². The molecule has 8 nitrogen and oxygen atoms in total. The van der Waals surface area contributed by atoms with Crippen molar-refractivity contribution >= 4 is 46.2 Å². The van der Waals surface area contributed by atoms with Crippen molar-refractivity contribution in [2.75, 3.05) is 28.2 Å². The Morgan fingerprint density at radius 3 is 2.39 bits per heavy atom. The molecule has 3 aliphatic rings. The number of benzene rings is 1. The summed E-state index contributed by atoms with van der Waals surface area (Å²) in [6, 6.07) is 7.99. The maximum absolute atomic E-state index is 13.0. The maximum atomic E-state index is 13.0. The topological polar surface area (TPSA) is 98.4 Å². The van der Waals surface area contributed by atoms with Crippen LogP contribution in [-0.2, 0) is 9.59 Å². The number of carbonyl (C=O) groups is 2. The highest BCUT2D eigenvalue weighted by molar-refractivity contribution is 8.93. The minimum atomic E-state index is -0.834. The quantitative estimate of drug-likeness (QED) is 0.683. The normalized spacial score (nSPS) is 23.1. The molecule has 2 amide bonds. The van der Waals surface area contributed by atoms with Crippen molar-refractivity contribution in [3.05, 3.63) is 46.2 Å². The van der Waals surface area contributed by atoms with Gasteiger partial charge in [-0.1, -0.05) is 18.2 Å². The van der Waals surface area contributed by atoms with Crippen LogP contribution in [-0.4, -0.2) is 40.9 Å². The summed E-state index contributed by atoms with van der Waals surface area (Å²) in [5, 5.41) is 3.03. The molecule has 28 heavy (non-hydrogen) atoms. The number of aromatic amines is 1. The van der Waals surface area contributed by atoms with Crippen molar-refractivity contribution < 1.29 is 9.59 Å². The Balaban J connectivity index is 0.00000192. The number of fused-ring (bicyclic) bond motifs is 3. The second-order valence-electron chi connectivity index (χ2n) is 7.15. The zero-order valence-corrected chi connectivity index (χ0v) is 16.8. The van der Waals surface area contributed by atoms with E-state index in [1.807, 2.05) is 11.0 Å². The van der Waals surface area contributed by atoms with Gasteiger partial charge in [0.25, 0.3) is 11.5 Å². The molecule has 0 spiro atoms. The van der Waals surface area contributed by atoms with E-state index in [0.717, 1.165) is 30.8 Å². The molecule has 2 unspecified atom stereocenters. The summed E-state index contributed by atoms with van der Waals surface area (Å²) in [6.07, 6.45) is 3.29. The first kappa shape index (κ1) is 18.7. The molecule has 0 radical (unpaired) electrons. The molecule has 2 aromatic rings. The highest BCUT2D eigenvalue weighted by Gasteiger charge is 2.55. The lowest BCUT2D eigenvalue weighted by Crippen LogP contribution is -2.35. The zero-order chi connectivity index (χ0) is 18.5. The number of para-hydroxylation sites is 1. The number of amides is 2. The van der Waals surface area contributed by atoms with Gasteiger partial charge < -0.3 is 10.2 Å². The van der Waals surface area contributed by atoms with E-state index in [2.05, 4.69) is 15.3 Å². The van der Waals surface area contributed by atoms with Gasteiger partial charge in [-0.3, -0.25) is 19.4 Å². The van der Waals surface area contributed by atoms with Gasteiger partial charge in [-0.15, -0.1) is 17.0 Å². The van der Waals surface area contributed by atoms with Gasteiger partial charge in [0.1, 0.15) is 17.8 Å². The smallest absolute Gasteiger partial charge is 0.258 e. The molecular weight excluding hydrogens is 426 g/mol. The van der Waals surface area contributed by atoms with Crippen LogP contribution in [0.5, 0.6) is 0 Å². The molecule has 0 bridgehead atoms. The molecule has 3 aliphatic heterocycles. The molecule has 4 heterocycles. The van der Waals surface area contributed by atoms with Gasteiger partial charge in [0, 0.05) is 13.1 Å². The van der Waals surface area contributed by atoms with E-state index in [1.54, 1.807) is 24.3 Å². The summed E-state index contributed by atoms with van der Waals surface area (Å²) in [7, 11) is 0. The Kier molecular flexibility index (Phi) is 4.70. The fraction of sp³-hybridized carbons (Fsp3) is 0.368. The van der Waals surface area contributed by atoms with E-state index in [1.165, 1.54) is 6.42 Å². The van der Waals surface area contributed by atoms with Gasteiger partial charge in [-0.2, -0.15) is 4.98 Å². The summed E-state index contributed by atoms with van der Waals surface area (Å²) in [5.41, 5.74) is 0.425. The lowest BCUT2D eigenvalue weighted by atomic mass is 9.99. The zero-order valence-electron chi connectivity index (χ0n) is 15.1. The Morgan fingerprint density at radius 2 is 1.68 bits per heavy atom. The van der Waals surface area contributed by atoms with Crippen LogP contribution < -0.4 is 20.7 Å². The van der Waals surface area contributed by atoms with Crippen molar-refractivity contribution in [3.63, 3.8) is 0 Å². The minimum absolute atomic E-state index is 0. The molecule has 0 saturated carbocycles. The van der Waals surface area contributed by atoms with Crippen LogP contribution in [0, 0.1) is 0 Å². The third kappa shape index (κ3) is 2.72. The Hall–Kier alpha value is -2.68. The number of carbonyl (C=O) groups excluding carboxylic acids is 2. The minimum Gasteiger partial charge on any atom is -0.357 e. The Labute approximate surface area is 171 Å². The first-order valence-corrected chi connectivity index (χ1v) is 9.24. The number of anilines is 3. The number of rotatable bonds is 2. The molecule has 2 N–H and O–H groups in total. The molecule has 146 valence electrons. The number of imide groups is 1. The van der Waals surface area contributed by atoms with Crippen molar-refractivity contribution in [3.8, 4) is 0 Å². The largest absolute Gasteiger partial charge is 0.357 e. The van der Waals surface area contributed by atoms with Gasteiger partial charge >= 0.3 is 0 Å². The fourth-order valence-corrected chi connectivity index (χ4v) is 4.21. The number of hydrogen-bond acceptors (Lipinski definition) is 6. The third-order valence-electron chi connectivity index (χ3n) is 5.52. The summed E-state index contributed by atoms with van der Waals surface area (Å²) in [5.74, 6) is -0.720. The van der Waals surface area contributed by atoms with Gasteiger partial charge in [-0.05, 0) is 31.4 Å². The predicted molar refractivity (Wildman–Crippen MR) is 110 cm³/mol. The first-order chi connectivity index (χ1) is 13.1. The average Bonchev–Trinajstić information content (AvgIpc) is 3.19. The lowest BCUT2D eigenvalue weighted by Gasteiger charge is -2.27. The molecule has 0 aliphatic carbocycles. The van der Waals surface area contributed by atoms with Gasteiger partial charge in [0.2, 0.25) is 11.9 Å². The van der Waals surface area contributed by atoms with Gasteiger partial charge in [0.15, 0.2) is 0 Å². The molecule has 1 aromatic heterocycles. The van der Waals surface area contributed by atoms with Gasteiger partial charge in [-0.25, -0.2) is 4.90 Å². The molecule has 2 atom stereocenters. The molecular formula is C19H20BrN5O3. The number of nitrogens with one attached hydrogen (secondary N) is 2. The Morgan fingerprint density at radius 1 is 0.964 bits per heavy atom. The van der Waals surface area contributed by atoms with E-state index < -0.39 is 12.0 Å². The first-order valence-electron chi connectivity index (χ1n) is 9.24. The van der Waals surface area contributed by atoms with E-state index in [-0.39, 0.29) is 39.9 Å². The van der Waals surface area contributed by atoms with Crippen LogP contribution in [0.3, 0.4) is 0 Å². The monoisotopic (exact) mass is 445 g/mol. The second kappa shape index (κ2) is 7.05. The number of aromatic nitrogens is 2. The number of piperidine rings is 1. The van der Waals surface area contributed by atoms with Crippen LogP contribution >= 0.6 is 17.0 Å². The van der Waals surface area contributed by atoms with Crippen LogP contribution in [0.2, 0.25) is 0 Å². The van der Waals surface area contributed by atoms with Crippen molar-refractivity contribution in [1.29, 1.82) is 0 Å². The summed E-state index contributed by atoms with van der Waals surface area (Å²) < 4.78 is 0. The van der Waals surface area contributed by atoms with E-state index in [0.29, 0.717) is 17.5 Å². The Bertz CT molecular complexity index is 987. The number of H-pyrrole nitrogens is 1. The molecule has 1 aromatic carbocycles. The van der Waals surface area contributed by atoms with Crippen molar-refractivity contribution in [2.45, 2.75) is 31.2 Å². The molecule has 2 fully saturated rings. The van der Waals surface area contributed by atoms with Gasteiger partial charge in [0.05, 0.1) is 11.3 Å². The summed E-state index contributed by atoms with van der Waals surface area (Å²) in [4.78, 5) is 49.1. The number of hydrogen-bond donors (Lipinski definition) is 2. The van der Waals surface area contributed by atoms with Crippen LogP contribution in [0.15, 0.2) is 35.1 Å². The highest BCUT2D eigenvalue weighted by Crippen LogP contribution is 2.41. The lowest BCUT2D eigenvalue weighted by molar-refractivity contribution is -0.121. The average molecular weight is 446 g/mol. The predicted octanol–water partition coefficient (Wildman–Crippen LogP) is 1.79. The van der Waals surface area contributed by atoms with Crippen LogP contribution in [0.25, 0.3) is 0 Å². The van der Waals surface area contributed by atoms with Crippen LogP contribution in [0.4, 0.5) is 17.5 Å². The van der Waals surface area contributed by atoms with Crippen molar-refractivity contribution in [2.24, 2.45) is 0 Å². The SMILES string of the molecule is Br.O=C1C2Nc3nc(N4CCCCC4)[nH]c(=O)c3C2C(=O)N1c1ccccc1. The summed E-state index contributed by atoms with van der Waals surface area (Å²) in [6.45, 7) is 1.68. The molecule has 9 heteroatoms. The van der Waals surface area contributed by atoms with E-state index in [4.69, 9.17) is 0 Å².